The monoisotopic (exact) mass is 571 g/mol. The number of hydrogen-bond acceptors (Lipinski definition) is 11. The van der Waals surface area contributed by atoms with Crippen LogP contribution in [0.4, 0.5) is 23.0 Å². The van der Waals surface area contributed by atoms with Gasteiger partial charge >= 0.3 is 0 Å². The molecule has 2 aliphatic rings. The van der Waals surface area contributed by atoms with Gasteiger partial charge < -0.3 is 36.3 Å². The average molecular weight is 572 g/mol. The SMILES string of the molecule is CC(C)Nc1nc(Nc2ccc(N3CCC(N4CCN(C)CC4)CC3)cc2)c(C(N)O)nc1-c1ccnc2[nH]cnc12. The van der Waals surface area contributed by atoms with Crippen molar-refractivity contribution in [2.24, 2.45) is 5.73 Å². The van der Waals surface area contributed by atoms with Gasteiger partial charge in [0.15, 0.2) is 17.3 Å². The first-order valence-electron chi connectivity index (χ1n) is 14.8. The van der Waals surface area contributed by atoms with Crippen molar-refractivity contribution in [2.75, 3.05) is 61.8 Å². The van der Waals surface area contributed by atoms with Gasteiger partial charge in [-0.3, -0.25) is 4.90 Å². The van der Waals surface area contributed by atoms with Crippen molar-refractivity contribution in [3.05, 3.63) is 48.5 Å². The molecule has 1 unspecified atom stereocenters. The zero-order valence-electron chi connectivity index (χ0n) is 24.6. The van der Waals surface area contributed by atoms with Gasteiger partial charge in [0, 0.05) is 74.5 Å². The van der Waals surface area contributed by atoms with E-state index in [-0.39, 0.29) is 11.7 Å². The normalized spacial score (nSPS) is 18.1. The number of likely N-dealkylation sites (N-methyl/N-ethyl adjacent to an activating group) is 1. The number of piperazine rings is 1. The molecule has 0 amide bonds. The van der Waals surface area contributed by atoms with Gasteiger partial charge in [0.2, 0.25) is 0 Å². The van der Waals surface area contributed by atoms with E-state index in [1.807, 2.05) is 32.0 Å². The Balaban J connectivity index is 1.21. The molecular formula is C30H41N11O. The maximum atomic E-state index is 10.5. The highest BCUT2D eigenvalue weighted by atomic mass is 16.3. The highest BCUT2D eigenvalue weighted by molar-refractivity contribution is 5.91. The first kappa shape index (κ1) is 28.3. The van der Waals surface area contributed by atoms with E-state index in [4.69, 9.17) is 15.7 Å². The standard InChI is InChI=1S/C30H41N11O/c1-19(2)35-29-25(23-8-11-32-28-24(23)33-18-34-28)37-26(27(31)42)30(38-29)36-20-4-6-21(7-5-20)40-12-9-22(10-13-40)41-16-14-39(3)15-17-41/h4-8,11,18-19,22,27,42H,9-10,12-17,31H2,1-3H3,(H,32,33,34)(H2,35,36,38). The predicted molar refractivity (Wildman–Crippen MR) is 167 cm³/mol. The van der Waals surface area contributed by atoms with Crippen LogP contribution in [0.5, 0.6) is 0 Å². The van der Waals surface area contributed by atoms with E-state index in [0.29, 0.717) is 34.5 Å². The lowest BCUT2D eigenvalue weighted by Crippen LogP contribution is -2.52. The van der Waals surface area contributed by atoms with Gasteiger partial charge in [-0.1, -0.05) is 0 Å². The van der Waals surface area contributed by atoms with Crippen LogP contribution in [0, 0.1) is 0 Å². The molecular weight excluding hydrogens is 530 g/mol. The Morgan fingerprint density at radius 3 is 2.38 bits per heavy atom. The number of aromatic amines is 1. The van der Waals surface area contributed by atoms with Crippen molar-refractivity contribution in [3.8, 4) is 11.3 Å². The zero-order chi connectivity index (χ0) is 29.2. The number of aromatic nitrogens is 5. The minimum Gasteiger partial charge on any atom is -0.373 e. The number of fused-ring (bicyclic) bond motifs is 1. The Labute approximate surface area is 246 Å². The second-order valence-electron chi connectivity index (χ2n) is 11.6. The Hall–Kier alpha value is -3.84. The maximum absolute atomic E-state index is 10.5. The van der Waals surface area contributed by atoms with Gasteiger partial charge in [0.1, 0.15) is 23.1 Å². The molecule has 6 rings (SSSR count). The lowest BCUT2D eigenvalue weighted by molar-refractivity contribution is 0.0982. The number of nitrogens with one attached hydrogen (secondary N) is 3. The Kier molecular flexibility index (Phi) is 8.20. The fraction of sp³-hybridized carbons (Fsp3) is 0.467. The lowest BCUT2D eigenvalue weighted by Gasteiger charge is -2.42. The number of nitrogens with two attached hydrogens (primary N) is 1. The number of benzene rings is 1. The summed E-state index contributed by atoms with van der Waals surface area (Å²) in [6.45, 7) is 10.9. The molecule has 1 atom stereocenters. The minimum atomic E-state index is -1.33. The summed E-state index contributed by atoms with van der Waals surface area (Å²) >= 11 is 0. The molecule has 12 nitrogen and oxygen atoms in total. The number of anilines is 4. The molecule has 4 aromatic rings. The van der Waals surface area contributed by atoms with Gasteiger partial charge in [-0.15, -0.1) is 0 Å². The van der Waals surface area contributed by atoms with Crippen LogP contribution in [-0.4, -0.2) is 98.2 Å². The number of pyridine rings is 1. The van der Waals surface area contributed by atoms with E-state index in [0.717, 1.165) is 37.4 Å². The van der Waals surface area contributed by atoms with Gasteiger partial charge in [-0.05, 0) is 64.1 Å². The predicted octanol–water partition coefficient (Wildman–Crippen LogP) is 3.14. The average Bonchev–Trinajstić information content (AvgIpc) is 3.47. The minimum absolute atomic E-state index is 0.0933. The van der Waals surface area contributed by atoms with Gasteiger partial charge in [0.25, 0.3) is 0 Å². The molecule has 3 aromatic heterocycles. The second kappa shape index (κ2) is 12.2. The van der Waals surface area contributed by atoms with Crippen LogP contribution < -0.4 is 21.3 Å². The number of H-pyrrole nitrogens is 1. The molecule has 222 valence electrons. The summed E-state index contributed by atoms with van der Waals surface area (Å²) in [4.78, 5) is 29.0. The number of piperidine rings is 1. The molecule has 2 aliphatic heterocycles. The number of imidazole rings is 1. The van der Waals surface area contributed by atoms with Crippen molar-refractivity contribution in [1.29, 1.82) is 0 Å². The molecule has 42 heavy (non-hydrogen) atoms. The molecule has 1 aromatic carbocycles. The quantitative estimate of drug-likeness (QED) is 0.199. The molecule has 0 spiro atoms. The fourth-order valence-corrected chi connectivity index (χ4v) is 5.92. The third-order valence-corrected chi connectivity index (χ3v) is 8.22. The molecule has 0 saturated carbocycles. The van der Waals surface area contributed by atoms with Crippen molar-refractivity contribution >= 4 is 34.2 Å². The molecule has 12 heteroatoms. The number of hydrogen-bond donors (Lipinski definition) is 5. The van der Waals surface area contributed by atoms with Crippen LogP contribution in [0.15, 0.2) is 42.9 Å². The summed E-state index contributed by atoms with van der Waals surface area (Å²) in [7, 11) is 2.21. The summed E-state index contributed by atoms with van der Waals surface area (Å²) in [5, 5.41) is 17.3. The van der Waals surface area contributed by atoms with E-state index >= 15 is 0 Å². The number of nitrogens with zero attached hydrogens (tertiary/aromatic N) is 7. The van der Waals surface area contributed by atoms with Crippen molar-refractivity contribution in [3.63, 3.8) is 0 Å². The van der Waals surface area contributed by atoms with E-state index in [1.54, 1.807) is 12.5 Å². The first-order valence-corrected chi connectivity index (χ1v) is 14.8. The fourth-order valence-electron chi connectivity index (χ4n) is 5.92. The summed E-state index contributed by atoms with van der Waals surface area (Å²) in [6, 6.07) is 11.0. The van der Waals surface area contributed by atoms with E-state index < -0.39 is 6.23 Å². The Morgan fingerprint density at radius 2 is 1.69 bits per heavy atom. The third-order valence-electron chi connectivity index (χ3n) is 8.22. The van der Waals surface area contributed by atoms with Crippen LogP contribution >= 0.6 is 0 Å². The number of aliphatic hydroxyl groups is 1. The molecule has 5 heterocycles. The molecule has 0 radical (unpaired) electrons. The molecule has 0 bridgehead atoms. The van der Waals surface area contributed by atoms with Gasteiger partial charge in [0.05, 0.1) is 6.33 Å². The largest absolute Gasteiger partial charge is 0.373 e. The molecule has 6 N–H and O–H groups in total. The first-order chi connectivity index (χ1) is 20.4. The number of rotatable bonds is 8. The molecule has 2 fully saturated rings. The highest BCUT2D eigenvalue weighted by Gasteiger charge is 2.27. The zero-order valence-corrected chi connectivity index (χ0v) is 24.6. The van der Waals surface area contributed by atoms with E-state index in [9.17, 15) is 5.11 Å². The summed E-state index contributed by atoms with van der Waals surface area (Å²) < 4.78 is 0. The van der Waals surface area contributed by atoms with Crippen molar-refractivity contribution in [2.45, 2.75) is 45.0 Å². The van der Waals surface area contributed by atoms with E-state index in [1.165, 1.54) is 31.6 Å². The van der Waals surface area contributed by atoms with Crippen molar-refractivity contribution in [1.82, 2.24) is 34.7 Å². The number of aliphatic hydroxyl groups excluding tert-OH is 1. The highest BCUT2D eigenvalue weighted by Crippen LogP contribution is 2.34. The summed E-state index contributed by atoms with van der Waals surface area (Å²) in [5.41, 5.74) is 10.9. The van der Waals surface area contributed by atoms with Crippen LogP contribution in [0.2, 0.25) is 0 Å². The van der Waals surface area contributed by atoms with E-state index in [2.05, 4.69) is 59.5 Å². The van der Waals surface area contributed by atoms with Crippen LogP contribution in [0.1, 0.15) is 38.6 Å². The summed E-state index contributed by atoms with van der Waals surface area (Å²) in [6.07, 6.45) is 4.34. The topological polar surface area (TPSA) is 147 Å². The van der Waals surface area contributed by atoms with Crippen molar-refractivity contribution < 1.29 is 5.11 Å². The van der Waals surface area contributed by atoms with Gasteiger partial charge in [-0.2, -0.15) is 0 Å². The Bertz CT molecular complexity index is 1490. The second-order valence-corrected chi connectivity index (χ2v) is 11.6. The molecule has 2 saturated heterocycles. The van der Waals surface area contributed by atoms with Crippen LogP contribution in [-0.2, 0) is 0 Å². The van der Waals surface area contributed by atoms with Crippen LogP contribution in [0.3, 0.4) is 0 Å². The Morgan fingerprint density at radius 1 is 0.952 bits per heavy atom. The van der Waals surface area contributed by atoms with Crippen LogP contribution in [0.25, 0.3) is 22.4 Å². The lowest BCUT2D eigenvalue weighted by atomic mass is 10.0. The maximum Gasteiger partial charge on any atom is 0.158 e. The third kappa shape index (κ3) is 6.02. The molecule has 0 aliphatic carbocycles. The van der Waals surface area contributed by atoms with Gasteiger partial charge in [-0.25, -0.2) is 19.9 Å². The summed E-state index contributed by atoms with van der Waals surface area (Å²) in [5.74, 6) is 0.956. The smallest absolute Gasteiger partial charge is 0.158 e.